The van der Waals surface area contributed by atoms with Crippen LogP contribution in [0.1, 0.15) is 31.0 Å². The maximum atomic E-state index is 13.0. The standard InChI is InChI=1S/C20H24N6O/c1-24-13-15(11-21-24)26-10-8-18(20(26)27)25-9-4-5-14(12-25)19-22-16-6-2-3-7-17(16)23-19/h2-3,6-7,11,13-14,18H,4-5,8-10,12H2,1H3,(H,22,23). The summed E-state index contributed by atoms with van der Waals surface area (Å²) in [5.74, 6) is 1.61. The number of hydrogen-bond acceptors (Lipinski definition) is 4. The largest absolute Gasteiger partial charge is 0.342 e. The lowest BCUT2D eigenvalue weighted by molar-refractivity contribution is -0.122. The molecule has 1 amide bonds. The van der Waals surface area contributed by atoms with Crippen LogP contribution in [0.2, 0.25) is 0 Å². The lowest BCUT2D eigenvalue weighted by Gasteiger charge is -2.35. The van der Waals surface area contributed by atoms with Gasteiger partial charge in [0.25, 0.3) is 0 Å². The highest BCUT2D eigenvalue weighted by molar-refractivity contribution is 5.99. The van der Waals surface area contributed by atoms with Crippen molar-refractivity contribution in [1.29, 1.82) is 0 Å². The summed E-state index contributed by atoms with van der Waals surface area (Å²) in [7, 11) is 1.88. The third-order valence-electron chi connectivity index (χ3n) is 5.87. The zero-order valence-corrected chi connectivity index (χ0v) is 15.5. The van der Waals surface area contributed by atoms with E-state index in [2.05, 4.69) is 21.0 Å². The van der Waals surface area contributed by atoms with E-state index in [0.717, 1.165) is 61.4 Å². The van der Waals surface area contributed by atoms with Gasteiger partial charge in [0.2, 0.25) is 5.91 Å². The van der Waals surface area contributed by atoms with Gasteiger partial charge in [0.05, 0.1) is 29.0 Å². The highest BCUT2D eigenvalue weighted by Crippen LogP contribution is 2.31. The van der Waals surface area contributed by atoms with E-state index < -0.39 is 0 Å². The van der Waals surface area contributed by atoms with Gasteiger partial charge in [-0.25, -0.2) is 4.98 Å². The van der Waals surface area contributed by atoms with E-state index >= 15 is 0 Å². The predicted molar refractivity (Wildman–Crippen MR) is 104 cm³/mol. The van der Waals surface area contributed by atoms with Crippen LogP contribution in [0, 0.1) is 0 Å². The fraction of sp³-hybridized carbons (Fsp3) is 0.450. The molecular weight excluding hydrogens is 340 g/mol. The fourth-order valence-electron chi connectivity index (χ4n) is 4.49. The number of hydrogen-bond donors (Lipinski definition) is 1. The van der Waals surface area contributed by atoms with Gasteiger partial charge in [-0.05, 0) is 37.9 Å². The summed E-state index contributed by atoms with van der Waals surface area (Å²) < 4.78 is 1.74. The number of anilines is 1. The summed E-state index contributed by atoms with van der Waals surface area (Å²) in [5, 5.41) is 4.20. The van der Waals surface area contributed by atoms with Crippen molar-refractivity contribution in [2.45, 2.75) is 31.2 Å². The van der Waals surface area contributed by atoms with Gasteiger partial charge in [0.1, 0.15) is 5.82 Å². The summed E-state index contributed by atoms with van der Waals surface area (Å²) in [6.45, 7) is 2.63. The van der Waals surface area contributed by atoms with E-state index in [9.17, 15) is 4.79 Å². The summed E-state index contributed by atoms with van der Waals surface area (Å²) in [4.78, 5) is 25.5. The molecule has 2 fully saturated rings. The first-order valence-electron chi connectivity index (χ1n) is 9.68. The van der Waals surface area contributed by atoms with Crippen LogP contribution in [0.4, 0.5) is 5.69 Å². The number of aryl methyl sites for hydroxylation is 1. The van der Waals surface area contributed by atoms with Gasteiger partial charge in [0, 0.05) is 32.3 Å². The highest BCUT2D eigenvalue weighted by Gasteiger charge is 2.39. The number of para-hydroxylation sites is 2. The Morgan fingerprint density at radius 2 is 2.07 bits per heavy atom. The normalized spacial score (nSPS) is 24.2. The number of piperidine rings is 1. The Morgan fingerprint density at radius 3 is 2.89 bits per heavy atom. The van der Waals surface area contributed by atoms with Crippen LogP contribution in [-0.2, 0) is 11.8 Å². The summed E-state index contributed by atoms with van der Waals surface area (Å²) >= 11 is 0. The Balaban J connectivity index is 1.33. The van der Waals surface area contributed by atoms with E-state index in [1.807, 2.05) is 36.3 Å². The van der Waals surface area contributed by atoms with E-state index in [4.69, 9.17) is 4.98 Å². The molecule has 3 aromatic rings. The van der Waals surface area contributed by atoms with Crippen molar-refractivity contribution in [3.05, 3.63) is 42.5 Å². The topological polar surface area (TPSA) is 70.1 Å². The van der Waals surface area contributed by atoms with Crippen LogP contribution in [0.5, 0.6) is 0 Å². The Kier molecular flexibility index (Phi) is 3.97. The molecule has 0 radical (unpaired) electrons. The number of aromatic nitrogens is 4. The van der Waals surface area contributed by atoms with Gasteiger partial charge in [-0.15, -0.1) is 0 Å². The van der Waals surface area contributed by atoms with Gasteiger partial charge in [-0.3, -0.25) is 14.4 Å². The molecule has 2 unspecified atom stereocenters. The zero-order chi connectivity index (χ0) is 18.4. The number of aromatic amines is 1. The monoisotopic (exact) mass is 364 g/mol. The molecule has 2 saturated heterocycles. The molecule has 2 atom stereocenters. The van der Waals surface area contributed by atoms with Gasteiger partial charge in [0.15, 0.2) is 0 Å². The highest BCUT2D eigenvalue weighted by atomic mass is 16.2. The molecule has 140 valence electrons. The number of nitrogens with one attached hydrogen (secondary N) is 1. The maximum Gasteiger partial charge on any atom is 0.244 e. The lowest BCUT2D eigenvalue weighted by atomic mass is 9.95. The number of rotatable bonds is 3. The van der Waals surface area contributed by atoms with Crippen LogP contribution in [0.3, 0.4) is 0 Å². The Labute approximate surface area is 158 Å². The van der Waals surface area contributed by atoms with Crippen molar-refractivity contribution in [2.75, 3.05) is 24.5 Å². The number of imidazole rings is 1. The molecule has 1 aromatic carbocycles. The van der Waals surface area contributed by atoms with Crippen LogP contribution in [0.25, 0.3) is 11.0 Å². The second-order valence-electron chi connectivity index (χ2n) is 7.64. The first-order valence-corrected chi connectivity index (χ1v) is 9.68. The average Bonchev–Trinajstić information content (AvgIpc) is 3.39. The molecule has 0 saturated carbocycles. The first kappa shape index (κ1) is 16.5. The van der Waals surface area contributed by atoms with Gasteiger partial charge in [-0.2, -0.15) is 5.10 Å². The predicted octanol–water partition coefficient (Wildman–Crippen LogP) is 2.28. The van der Waals surface area contributed by atoms with Crippen molar-refractivity contribution in [3.8, 4) is 0 Å². The first-order chi connectivity index (χ1) is 13.2. The number of carbonyl (C=O) groups excluding carboxylic acids is 1. The molecular formula is C20H24N6O. The van der Waals surface area contributed by atoms with E-state index in [-0.39, 0.29) is 11.9 Å². The third-order valence-corrected chi connectivity index (χ3v) is 5.87. The molecule has 2 aliphatic heterocycles. The minimum absolute atomic E-state index is 0.0302. The molecule has 0 spiro atoms. The maximum absolute atomic E-state index is 13.0. The van der Waals surface area contributed by atoms with Crippen molar-refractivity contribution < 1.29 is 4.79 Å². The smallest absolute Gasteiger partial charge is 0.244 e. The van der Waals surface area contributed by atoms with Crippen molar-refractivity contribution in [2.24, 2.45) is 7.05 Å². The van der Waals surface area contributed by atoms with Crippen molar-refractivity contribution >= 4 is 22.6 Å². The molecule has 5 rings (SSSR count). The molecule has 0 aliphatic carbocycles. The Hall–Kier alpha value is -2.67. The van der Waals surface area contributed by atoms with E-state index in [1.54, 1.807) is 10.9 Å². The van der Waals surface area contributed by atoms with Crippen LogP contribution in [-0.4, -0.2) is 56.2 Å². The van der Waals surface area contributed by atoms with Crippen molar-refractivity contribution in [1.82, 2.24) is 24.6 Å². The zero-order valence-electron chi connectivity index (χ0n) is 15.5. The second kappa shape index (κ2) is 6.49. The van der Waals surface area contributed by atoms with Gasteiger partial charge in [-0.1, -0.05) is 12.1 Å². The Bertz CT molecular complexity index is 943. The van der Waals surface area contributed by atoms with Crippen molar-refractivity contribution in [3.63, 3.8) is 0 Å². The number of nitrogens with zero attached hydrogens (tertiary/aromatic N) is 5. The van der Waals surface area contributed by atoms with E-state index in [1.165, 1.54) is 0 Å². The SMILES string of the molecule is Cn1cc(N2CCC(N3CCCC(c4nc5ccccc5[nH]4)C3)C2=O)cn1. The van der Waals surface area contributed by atoms with Gasteiger partial charge >= 0.3 is 0 Å². The van der Waals surface area contributed by atoms with Crippen LogP contribution >= 0.6 is 0 Å². The fourth-order valence-corrected chi connectivity index (χ4v) is 4.49. The molecule has 7 nitrogen and oxygen atoms in total. The average molecular weight is 364 g/mol. The molecule has 2 aromatic heterocycles. The number of H-pyrrole nitrogens is 1. The molecule has 0 bridgehead atoms. The van der Waals surface area contributed by atoms with Crippen LogP contribution in [0.15, 0.2) is 36.7 Å². The minimum atomic E-state index is -0.0302. The molecule has 4 heterocycles. The molecule has 2 aliphatic rings. The number of likely N-dealkylation sites (tertiary alicyclic amines) is 1. The third kappa shape index (κ3) is 2.92. The summed E-state index contributed by atoms with van der Waals surface area (Å²) in [6.07, 6.45) is 6.77. The minimum Gasteiger partial charge on any atom is -0.342 e. The quantitative estimate of drug-likeness (QED) is 0.774. The van der Waals surface area contributed by atoms with Crippen LogP contribution < -0.4 is 4.90 Å². The number of carbonyl (C=O) groups is 1. The molecule has 1 N–H and O–H groups in total. The van der Waals surface area contributed by atoms with E-state index in [0.29, 0.717) is 5.92 Å². The summed E-state index contributed by atoms with van der Waals surface area (Å²) in [6, 6.07) is 8.13. The molecule has 7 heteroatoms. The molecule has 27 heavy (non-hydrogen) atoms. The summed E-state index contributed by atoms with van der Waals surface area (Å²) in [5.41, 5.74) is 3.00. The number of benzene rings is 1. The Morgan fingerprint density at radius 1 is 1.19 bits per heavy atom. The number of fused-ring (bicyclic) bond motifs is 1. The van der Waals surface area contributed by atoms with Gasteiger partial charge < -0.3 is 9.88 Å². The second-order valence-corrected chi connectivity index (χ2v) is 7.64. The lowest BCUT2D eigenvalue weighted by Crippen LogP contribution is -2.46. The number of amides is 1.